The monoisotopic (exact) mass is 206 g/mol. The third-order valence-corrected chi connectivity index (χ3v) is 4.82. The molecule has 1 fully saturated rings. The molecule has 0 aliphatic heterocycles. The lowest BCUT2D eigenvalue weighted by molar-refractivity contribution is 0.0755. The molecule has 15 heavy (non-hydrogen) atoms. The largest absolute Gasteiger partial charge is 0.0854 e. The standard InChI is InChI=1S/C15H26/c1-10(2)13-8-6-12(4)14-7-5-11(3)9-15(13)14/h5,7,10-15H,6,8-9H2,1-4H3/t11-,12-,13-,14-,15-/m0/s1. The summed E-state index contributed by atoms with van der Waals surface area (Å²) in [5.74, 6) is 5.48. The molecule has 0 aromatic heterocycles. The van der Waals surface area contributed by atoms with Crippen molar-refractivity contribution in [2.24, 2.45) is 35.5 Å². The molecule has 0 saturated heterocycles. The van der Waals surface area contributed by atoms with E-state index >= 15 is 0 Å². The van der Waals surface area contributed by atoms with Crippen LogP contribution in [-0.2, 0) is 0 Å². The van der Waals surface area contributed by atoms with Gasteiger partial charge in [-0.15, -0.1) is 0 Å². The fourth-order valence-corrected chi connectivity index (χ4v) is 3.89. The summed E-state index contributed by atoms with van der Waals surface area (Å²) in [6.45, 7) is 9.67. The number of allylic oxidation sites excluding steroid dienone is 2. The Bertz CT molecular complexity index is 238. The van der Waals surface area contributed by atoms with E-state index in [0.717, 1.165) is 35.5 Å². The fraction of sp³-hybridized carbons (Fsp3) is 0.867. The molecule has 0 radical (unpaired) electrons. The third kappa shape index (κ3) is 2.14. The highest BCUT2D eigenvalue weighted by Crippen LogP contribution is 2.47. The maximum Gasteiger partial charge on any atom is -0.0176 e. The maximum atomic E-state index is 2.54. The van der Waals surface area contributed by atoms with Crippen molar-refractivity contribution in [3.63, 3.8) is 0 Å². The molecule has 1 saturated carbocycles. The summed E-state index contributed by atoms with van der Waals surface area (Å²) in [6.07, 6.45) is 9.36. The van der Waals surface area contributed by atoms with Gasteiger partial charge in [0.05, 0.1) is 0 Å². The molecule has 2 aliphatic carbocycles. The van der Waals surface area contributed by atoms with Crippen molar-refractivity contribution < 1.29 is 0 Å². The Labute approximate surface area is 95.1 Å². The molecule has 86 valence electrons. The van der Waals surface area contributed by atoms with Gasteiger partial charge in [0.25, 0.3) is 0 Å². The summed E-state index contributed by atoms with van der Waals surface area (Å²) in [5.41, 5.74) is 0. The minimum absolute atomic E-state index is 0.817. The lowest BCUT2D eigenvalue weighted by Crippen LogP contribution is -2.37. The van der Waals surface area contributed by atoms with Crippen molar-refractivity contribution in [2.75, 3.05) is 0 Å². The Morgan fingerprint density at radius 2 is 1.80 bits per heavy atom. The second-order valence-corrected chi connectivity index (χ2v) is 6.30. The van der Waals surface area contributed by atoms with Crippen molar-refractivity contribution in [1.29, 1.82) is 0 Å². The van der Waals surface area contributed by atoms with Crippen LogP contribution in [0.5, 0.6) is 0 Å². The van der Waals surface area contributed by atoms with Gasteiger partial charge < -0.3 is 0 Å². The van der Waals surface area contributed by atoms with E-state index in [9.17, 15) is 0 Å². The molecule has 0 aromatic rings. The van der Waals surface area contributed by atoms with E-state index in [0.29, 0.717) is 0 Å². The average Bonchev–Trinajstić information content (AvgIpc) is 2.17. The van der Waals surface area contributed by atoms with Gasteiger partial charge in [-0.2, -0.15) is 0 Å². The summed E-state index contributed by atoms with van der Waals surface area (Å²) >= 11 is 0. The summed E-state index contributed by atoms with van der Waals surface area (Å²) < 4.78 is 0. The summed E-state index contributed by atoms with van der Waals surface area (Å²) in [6, 6.07) is 0. The van der Waals surface area contributed by atoms with Crippen LogP contribution in [-0.4, -0.2) is 0 Å². The molecule has 0 N–H and O–H groups in total. The number of hydrogen-bond acceptors (Lipinski definition) is 0. The smallest absolute Gasteiger partial charge is 0.0176 e. The van der Waals surface area contributed by atoms with Gasteiger partial charge >= 0.3 is 0 Å². The first-order valence-corrected chi connectivity index (χ1v) is 6.78. The minimum Gasteiger partial charge on any atom is -0.0854 e. The highest BCUT2D eigenvalue weighted by Gasteiger charge is 2.39. The third-order valence-electron chi connectivity index (χ3n) is 4.82. The van der Waals surface area contributed by atoms with E-state index in [2.05, 4.69) is 39.8 Å². The van der Waals surface area contributed by atoms with Crippen LogP contribution in [0.3, 0.4) is 0 Å². The second kappa shape index (κ2) is 4.31. The highest BCUT2D eigenvalue weighted by molar-refractivity contribution is 5.05. The van der Waals surface area contributed by atoms with Crippen LogP contribution in [0.1, 0.15) is 47.0 Å². The Balaban J connectivity index is 2.17. The molecule has 0 aromatic carbocycles. The minimum atomic E-state index is 0.817. The first kappa shape index (κ1) is 11.2. The van der Waals surface area contributed by atoms with Gasteiger partial charge in [0.15, 0.2) is 0 Å². The molecular formula is C15H26. The molecule has 0 bridgehead atoms. The van der Waals surface area contributed by atoms with Crippen LogP contribution in [0.4, 0.5) is 0 Å². The lowest BCUT2D eigenvalue weighted by Gasteiger charge is -2.45. The second-order valence-electron chi connectivity index (χ2n) is 6.30. The predicted octanol–water partition coefficient (Wildman–Crippen LogP) is 4.52. The molecule has 0 heteroatoms. The molecule has 0 nitrogen and oxygen atoms in total. The Hall–Kier alpha value is -0.260. The van der Waals surface area contributed by atoms with E-state index in [-0.39, 0.29) is 0 Å². The van der Waals surface area contributed by atoms with Crippen molar-refractivity contribution >= 4 is 0 Å². The van der Waals surface area contributed by atoms with Gasteiger partial charge in [0, 0.05) is 0 Å². The number of fused-ring (bicyclic) bond motifs is 1. The zero-order valence-electron chi connectivity index (χ0n) is 10.7. The normalized spacial score (nSPS) is 45.5. The Morgan fingerprint density at radius 1 is 1.07 bits per heavy atom. The Morgan fingerprint density at radius 3 is 2.47 bits per heavy atom. The van der Waals surface area contributed by atoms with E-state index < -0.39 is 0 Å². The van der Waals surface area contributed by atoms with E-state index in [1.165, 1.54) is 19.3 Å². The van der Waals surface area contributed by atoms with E-state index in [1.807, 2.05) is 0 Å². The van der Waals surface area contributed by atoms with Gasteiger partial charge in [-0.25, -0.2) is 0 Å². The fourth-order valence-electron chi connectivity index (χ4n) is 3.89. The zero-order valence-corrected chi connectivity index (χ0v) is 10.7. The van der Waals surface area contributed by atoms with Crippen LogP contribution in [0, 0.1) is 35.5 Å². The van der Waals surface area contributed by atoms with Crippen molar-refractivity contribution in [1.82, 2.24) is 0 Å². The summed E-state index contributed by atoms with van der Waals surface area (Å²) in [7, 11) is 0. The predicted molar refractivity (Wildman–Crippen MR) is 66.6 cm³/mol. The SMILES string of the molecule is CC(C)[C@@H]1CC[C@H](C)[C@@H]2C=C[C@H](C)C[C@H]21. The van der Waals surface area contributed by atoms with Crippen LogP contribution < -0.4 is 0 Å². The maximum absolute atomic E-state index is 2.54. The molecule has 2 rings (SSSR count). The molecular weight excluding hydrogens is 180 g/mol. The molecule has 5 atom stereocenters. The van der Waals surface area contributed by atoms with Crippen LogP contribution in [0.25, 0.3) is 0 Å². The van der Waals surface area contributed by atoms with Gasteiger partial charge in [0.2, 0.25) is 0 Å². The van der Waals surface area contributed by atoms with Crippen molar-refractivity contribution in [2.45, 2.75) is 47.0 Å². The van der Waals surface area contributed by atoms with Crippen LogP contribution in [0.2, 0.25) is 0 Å². The lowest BCUT2D eigenvalue weighted by atomic mass is 9.60. The topological polar surface area (TPSA) is 0 Å². The average molecular weight is 206 g/mol. The van der Waals surface area contributed by atoms with Gasteiger partial charge in [-0.05, 0) is 54.8 Å². The molecule has 0 spiro atoms. The van der Waals surface area contributed by atoms with Crippen molar-refractivity contribution in [3.8, 4) is 0 Å². The highest BCUT2D eigenvalue weighted by atomic mass is 14.4. The zero-order chi connectivity index (χ0) is 11.0. The van der Waals surface area contributed by atoms with Gasteiger partial charge in [-0.1, -0.05) is 39.8 Å². The first-order valence-electron chi connectivity index (χ1n) is 6.78. The Kier molecular flexibility index (Phi) is 3.23. The van der Waals surface area contributed by atoms with Crippen LogP contribution in [0.15, 0.2) is 12.2 Å². The molecule has 0 amide bonds. The molecule has 0 unspecified atom stereocenters. The van der Waals surface area contributed by atoms with Gasteiger partial charge in [0.1, 0.15) is 0 Å². The molecule has 2 aliphatic rings. The molecule has 0 heterocycles. The van der Waals surface area contributed by atoms with Crippen LogP contribution >= 0.6 is 0 Å². The number of rotatable bonds is 1. The van der Waals surface area contributed by atoms with Gasteiger partial charge in [-0.3, -0.25) is 0 Å². The van der Waals surface area contributed by atoms with E-state index in [4.69, 9.17) is 0 Å². The quantitative estimate of drug-likeness (QED) is 0.553. The number of hydrogen-bond donors (Lipinski definition) is 0. The first-order chi connectivity index (χ1) is 7.09. The van der Waals surface area contributed by atoms with Crippen molar-refractivity contribution in [3.05, 3.63) is 12.2 Å². The summed E-state index contributed by atoms with van der Waals surface area (Å²) in [5, 5.41) is 0. The van der Waals surface area contributed by atoms with E-state index in [1.54, 1.807) is 0 Å². The summed E-state index contributed by atoms with van der Waals surface area (Å²) in [4.78, 5) is 0.